The van der Waals surface area contributed by atoms with Crippen molar-refractivity contribution >= 4 is 0 Å². The molecule has 0 heterocycles. The van der Waals surface area contributed by atoms with E-state index in [1.807, 2.05) is 0 Å². The third-order valence-electron chi connectivity index (χ3n) is 3.34. The fourth-order valence-electron chi connectivity index (χ4n) is 2.00. The maximum Gasteiger partial charge on any atom is 0.00946 e. The highest BCUT2D eigenvalue weighted by molar-refractivity contribution is 4.75. The van der Waals surface area contributed by atoms with E-state index in [-0.39, 0.29) is 0 Å². The standard InChI is InChI=1S/C12H27N/c1-6-10(4)9-12(13-5)11(7-2)8-3/h10-13H,6-9H2,1-5H3. The summed E-state index contributed by atoms with van der Waals surface area (Å²) in [6.07, 6.45) is 5.24. The molecule has 0 bridgehead atoms. The maximum atomic E-state index is 3.47. The van der Waals surface area contributed by atoms with Crippen molar-refractivity contribution in [1.82, 2.24) is 5.32 Å². The Hall–Kier alpha value is -0.0400. The second kappa shape index (κ2) is 7.37. The van der Waals surface area contributed by atoms with Crippen LogP contribution in [0.2, 0.25) is 0 Å². The molecule has 0 fully saturated rings. The second-order valence-corrected chi connectivity index (χ2v) is 4.22. The molecule has 0 saturated carbocycles. The van der Waals surface area contributed by atoms with E-state index in [1.165, 1.54) is 25.7 Å². The van der Waals surface area contributed by atoms with Crippen LogP contribution in [0.1, 0.15) is 53.4 Å². The van der Waals surface area contributed by atoms with Crippen LogP contribution in [-0.4, -0.2) is 13.1 Å². The molecule has 0 rings (SSSR count). The van der Waals surface area contributed by atoms with Crippen molar-refractivity contribution in [3.63, 3.8) is 0 Å². The van der Waals surface area contributed by atoms with Gasteiger partial charge in [0.15, 0.2) is 0 Å². The Morgan fingerprint density at radius 3 is 1.85 bits per heavy atom. The van der Waals surface area contributed by atoms with Crippen LogP contribution in [-0.2, 0) is 0 Å². The summed E-state index contributed by atoms with van der Waals surface area (Å²) < 4.78 is 0. The summed E-state index contributed by atoms with van der Waals surface area (Å²) in [4.78, 5) is 0. The van der Waals surface area contributed by atoms with E-state index in [0.717, 1.165) is 17.9 Å². The minimum Gasteiger partial charge on any atom is -0.317 e. The molecule has 0 aliphatic carbocycles. The smallest absolute Gasteiger partial charge is 0.00946 e. The van der Waals surface area contributed by atoms with Gasteiger partial charge in [0, 0.05) is 6.04 Å². The van der Waals surface area contributed by atoms with Crippen molar-refractivity contribution in [2.75, 3.05) is 7.05 Å². The van der Waals surface area contributed by atoms with Crippen molar-refractivity contribution in [2.24, 2.45) is 11.8 Å². The molecule has 1 nitrogen and oxygen atoms in total. The first-order valence-corrected chi connectivity index (χ1v) is 5.86. The monoisotopic (exact) mass is 185 g/mol. The van der Waals surface area contributed by atoms with E-state index in [0.29, 0.717) is 0 Å². The Morgan fingerprint density at radius 2 is 1.54 bits per heavy atom. The first-order valence-electron chi connectivity index (χ1n) is 5.86. The van der Waals surface area contributed by atoms with Crippen LogP contribution < -0.4 is 5.32 Å². The highest BCUT2D eigenvalue weighted by Gasteiger charge is 2.18. The van der Waals surface area contributed by atoms with Gasteiger partial charge in [-0.3, -0.25) is 0 Å². The molecule has 0 aliphatic rings. The van der Waals surface area contributed by atoms with Gasteiger partial charge >= 0.3 is 0 Å². The summed E-state index contributed by atoms with van der Waals surface area (Å²) >= 11 is 0. The van der Waals surface area contributed by atoms with Gasteiger partial charge in [0.2, 0.25) is 0 Å². The zero-order valence-corrected chi connectivity index (χ0v) is 10.1. The van der Waals surface area contributed by atoms with Gasteiger partial charge in [-0.15, -0.1) is 0 Å². The summed E-state index contributed by atoms with van der Waals surface area (Å²) in [6.45, 7) is 9.24. The molecule has 0 spiro atoms. The maximum absolute atomic E-state index is 3.47. The van der Waals surface area contributed by atoms with Gasteiger partial charge in [-0.25, -0.2) is 0 Å². The first kappa shape index (κ1) is 13.0. The van der Waals surface area contributed by atoms with Crippen molar-refractivity contribution in [2.45, 2.75) is 59.4 Å². The lowest BCUT2D eigenvalue weighted by molar-refractivity contribution is 0.295. The Morgan fingerprint density at radius 1 is 1.00 bits per heavy atom. The minimum absolute atomic E-state index is 0.727. The van der Waals surface area contributed by atoms with Crippen LogP contribution in [0.3, 0.4) is 0 Å². The molecule has 0 aromatic rings. The third kappa shape index (κ3) is 4.66. The lowest BCUT2D eigenvalue weighted by atomic mass is 9.87. The van der Waals surface area contributed by atoms with Crippen molar-refractivity contribution in [1.29, 1.82) is 0 Å². The van der Waals surface area contributed by atoms with Gasteiger partial charge in [-0.1, -0.05) is 47.0 Å². The van der Waals surface area contributed by atoms with Gasteiger partial charge in [0.25, 0.3) is 0 Å². The van der Waals surface area contributed by atoms with E-state index < -0.39 is 0 Å². The molecule has 0 amide bonds. The Bertz CT molecular complexity index is 108. The molecule has 0 aromatic heterocycles. The van der Waals surface area contributed by atoms with Gasteiger partial charge in [-0.05, 0) is 25.3 Å². The summed E-state index contributed by atoms with van der Waals surface area (Å²) in [5, 5.41) is 3.47. The quantitative estimate of drug-likeness (QED) is 0.640. The molecular weight excluding hydrogens is 158 g/mol. The molecular formula is C12H27N. The molecule has 0 radical (unpaired) electrons. The summed E-state index contributed by atoms with van der Waals surface area (Å²) in [5.74, 6) is 1.72. The van der Waals surface area contributed by atoms with Crippen molar-refractivity contribution in [3.8, 4) is 0 Å². The van der Waals surface area contributed by atoms with E-state index in [9.17, 15) is 0 Å². The molecule has 13 heavy (non-hydrogen) atoms. The zero-order chi connectivity index (χ0) is 10.3. The fraction of sp³-hybridized carbons (Fsp3) is 1.00. The fourth-order valence-corrected chi connectivity index (χ4v) is 2.00. The Balaban J connectivity index is 3.98. The number of hydrogen-bond donors (Lipinski definition) is 1. The minimum atomic E-state index is 0.727. The van der Waals surface area contributed by atoms with E-state index in [1.54, 1.807) is 0 Å². The first-order chi connectivity index (χ1) is 6.19. The largest absolute Gasteiger partial charge is 0.317 e. The topological polar surface area (TPSA) is 12.0 Å². The SMILES string of the molecule is CCC(C)CC(NC)C(CC)CC. The highest BCUT2D eigenvalue weighted by Crippen LogP contribution is 2.20. The van der Waals surface area contributed by atoms with Gasteiger partial charge in [0.05, 0.1) is 0 Å². The van der Waals surface area contributed by atoms with Crippen LogP contribution in [0.25, 0.3) is 0 Å². The molecule has 0 aromatic carbocycles. The normalized spacial score (nSPS) is 16.2. The summed E-state index contributed by atoms with van der Waals surface area (Å²) in [5.41, 5.74) is 0. The van der Waals surface area contributed by atoms with Crippen molar-refractivity contribution < 1.29 is 0 Å². The average molecular weight is 185 g/mol. The average Bonchev–Trinajstić information content (AvgIpc) is 2.17. The summed E-state index contributed by atoms with van der Waals surface area (Å²) in [7, 11) is 2.10. The second-order valence-electron chi connectivity index (χ2n) is 4.22. The number of nitrogens with one attached hydrogen (secondary N) is 1. The molecule has 1 N–H and O–H groups in total. The van der Waals surface area contributed by atoms with Gasteiger partial charge in [-0.2, -0.15) is 0 Å². The molecule has 0 aliphatic heterocycles. The number of rotatable bonds is 7. The molecule has 2 unspecified atom stereocenters. The predicted octanol–water partition coefficient (Wildman–Crippen LogP) is 3.45. The Labute approximate surface area is 84.3 Å². The molecule has 1 heteroatoms. The van der Waals surface area contributed by atoms with E-state index in [2.05, 4.69) is 40.1 Å². The van der Waals surface area contributed by atoms with Crippen molar-refractivity contribution in [3.05, 3.63) is 0 Å². The van der Waals surface area contributed by atoms with E-state index >= 15 is 0 Å². The van der Waals surface area contributed by atoms with Crippen LogP contribution in [0.15, 0.2) is 0 Å². The van der Waals surface area contributed by atoms with Crippen LogP contribution >= 0.6 is 0 Å². The zero-order valence-electron chi connectivity index (χ0n) is 10.1. The van der Waals surface area contributed by atoms with Gasteiger partial charge < -0.3 is 5.32 Å². The van der Waals surface area contributed by atoms with Crippen LogP contribution in [0.4, 0.5) is 0 Å². The number of hydrogen-bond acceptors (Lipinski definition) is 1. The Kier molecular flexibility index (Phi) is 7.35. The molecule has 80 valence electrons. The van der Waals surface area contributed by atoms with E-state index in [4.69, 9.17) is 0 Å². The van der Waals surface area contributed by atoms with Crippen LogP contribution in [0, 0.1) is 11.8 Å². The lowest BCUT2D eigenvalue weighted by Gasteiger charge is -2.27. The highest BCUT2D eigenvalue weighted by atomic mass is 14.9. The molecule has 0 saturated heterocycles. The molecule has 2 atom stereocenters. The van der Waals surface area contributed by atoms with Crippen LogP contribution in [0.5, 0.6) is 0 Å². The third-order valence-corrected chi connectivity index (χ3v) is 3.34. The predicted molar refractivity (Wildman–Crippen MR) is 61.0 cm³/mol. The summed E-state index contributed by atoms with van der Waals surface area (Å²) in [6, 6.07) is 0.727. The van der Waals surface area contributed by atoms with Gasteiger partial charge in [0.1, 0.15) is 0 Å². The lowest BCUT2D eigenvalue weighted by Crippen LogP contribution is -2.34.